The molecule has 0 heterocycles. The molecule has 0 bridgehead atoms. The van der Waals surface area contributed by atoms with E-state index in [2.05, 4.69) is 4.74 Å². The first-order valence-corrected chi connectivity index (χ1v) is 5.81. The van der Waals surface area contributed by atoms with Crippen LogP contribution in [0.4, 0.5) is 13.2 Å². The third kappa shape index (κ3) is 5.74. The van der Waals surface area contributed by atoms with Crippen LogP contribution >= 0.6 is 11.8 Å². The van der Waals surface area contributed by atoms with Crippen molar-refractivity contribution < 1.29 is 22.7 Å². The second-order valence-corrected chi connectivity index (χ2v) is 4.39. The summed E-state index contributed by atoms with van der Waals surface area (Å²) in [6.07, 6.45) is -4.57. The Morgan fingerprint density at radius 1 is 1.29 bits per heavy atom. The summed E-state index contributed by atoms with van der Waals surface area (Å²) < 4.78 is 38.6. The quantitative estimate of drug-likeness (QED) is 0.462. The number of thioether (sulfide) groups is 1. The molecule has 1 aromatic carbocycles. The topological polar surface area (TPSA) is 26.3 Å². The van der Waals surface area contributed by atoms with E-state index in [0.717, 1.165) is 4.90 Å². The fourth-order valence-electron chi connectivity index (χ4n) is 1.10. The van der Waals surface area contributed by atoms with Crippen molar-refractivity contribution in [2.45, 2.75) is 18.2 Å². The van der Waals surface area contributed by atoms with Crippen LogP contribution in [0.15, 0.2) is 29.2 Å². The number of hydrogen-bond acceptors (Lipinski definition) is 3. The molecule has 0 atom stereocenters. The number of alkyl halides is 3. The highest BCUT2D eigenvalue weighted by Gasteiger charge is 2.28. The Hall–Kier alpha value is -1.01. The number of Topliss-reactive ketones (excluding diaryl/α,β-unsaturated/α-hetero) is 1. The molecule has 0 amide bonds. The summed E-state index contributed by atoms with van der Waals surface area (Å²) in [6.45, 7) is 1.07. The zero-order chi connectivity index (χ0) is 12.9. The summed E-state index contributed by atoms with van der Waals surface area (Å²) in [5, 5.41) is 0. The van der Waals surface area contributed by atoms with Crippen molar-refractivity contribution in [3.05, 3.63) is 29.8 Å². The number of hydrogen-bond donors (Lipinski definition) is 0. The van der Waals surface area contributed by atoms with Gasteiger partial charge in [0.05, 0.1) is 6.61 Å². The minimum absolute atomic E-state index is 0.0399. The van der Waals surface area contributed by atoms with Gasteiger partial charge in [0.1, 0.15) is 0 Å². The minimum atomic E-state index is -4.57. The highest BCUT2D eigenvalue weighted by molar-refractivity contribution is 7.99. The first-order chi connectivity index (χ1) is 7.88. The number of rotatable bonds is 5. The lowest BCUT2D eigenvalue weighted by atomic mass is 10.2. The van der Waals surface area contributed by atoms with E-state index in [0.29, 0.717) is 5.56 Å². The Bertz CT molecular complexity index is 373. The van der Waals surface area contributed by atoms with Crippen LogP contribution in [0.5, 0.6) is 0 Å². The van der Waals surface area contributed by atoms with E-state index in [1.807, 2.05) is 0 Å². The summed E-state index contributed by atoms with van der Waals surface area (Å²) in [5.41, 5.74) is 0.584. The van der Waals surface area contributed by atoms with E-state index in [1.165, 1.54) is 18.7 Å². The fourth-order valence-corrected chi connectivity index (χ4v) is 1.83. The van der Waals surface area contributed by atoms with Gasteiger partial charge < -0.3 is 0 Å². The van der Waals surface area contributed by atoms with E-state index in [1.54, 1.807) is 24.3 Å². The predicted octanol–water partition coefficient (Wildman–Crippen LogP) is 3.52. The summed E-state index contributed by atoms with van der Waals surface area (Å²) in [7, 11) is 0. The second-order valence-electron chi connectivity index (χ2n) is 3.22. The molecule has 17 heavy (non-hydrogen) atoms. The average molecular weight is 264 g/mol. The summed E-state index contributed by atoms with van der Waals surface area (Å²) >= 11 is 1.25. The molecule has 6 heteroatoms. The Balaban J connectivity index is 2.35. The van der Waals surface area contributed by atoms with Crippen LogP contribution in [-0.2, 0) is 4.74 Å². The normalized spacial score (nSPS) is 11.5. The molecule has 0 unspecified atom stereocenters. The largest absolute Gasteiger partial charge is 0.522 e. The smallest absolute Gasteiger partial charge is 0.295 e. The van der Waals surface area contributed by atoms with Crippen molar-refractivity contribution in [2.75, 3.05) is 12.4 Å². The van der Waals surface area contributed by atoms with Crippen LogP contribution in [0, 0.1) is 0 Å². The van der Waals surface area contributed by atoms with Crippen molar-refractivity contribution in [3.63, 3.8) is 0 Å². The lowest BCUT2D eigenvalue weighted by Crippen LogP contribution is -2.15. The highest BCUT2D eigenvalue weighted by atomic mass is 32.2. The van der Waals surface area contributed by atoms with Crippen molar-refractivity contribution in [1.29, 1.82) is 0 Å². The standard InChI is InChI=1S/C11H11F3O2S/c1-8(15)9-2-4-10(5-3-9)17-7-6-16-11(12,13)14/h2-5H,6-7H2,1H3. The molecule has 0 aromatic heterocycles. The van der Waals surface area contributed by atoms with Crippen LogP contribution < -0.4 is 0 Å². The Morgan fingerprint density at radius 3 is 2.35 bits per heavy atom. The molecule has 0 fully saturated rings. The first-order valence-electron chi connectivity index (χ1n) is 4.83. The lowest BCUT2D eigenvalue weighted by Gasteiger charge is -2.06. The van der Waals surface area contributed by atoms with E-state index >= 15 is 0 Å². The molecular formula is C11H11F3O2S. The Kier molecular flexibility index (Phi) is 5.02. The van der Waals surface area contributed by atoms with Gasteiger partial charge in [-0.25, -0.2) is 0 Å². The molecule has 2 nitrogen and oxygen atoms in total. The van der Waals surface area contributed by atoms with Crippen molar-refractivity contribution in [2.24, 2.45) is 0 Å². The number of carbonyl (C=O) groups excluding carboxylic acids is 1. The van der Waals surface area contributed by atoms with Gasteiger partial charge in [-0.15, -0.1) is 24.9 Å². The maximum atomic E-state index is 11.7. The van der Waals surface area contributed by atoms with Crippen LogP contribution in [0.3, 0.4) is 0 Å². The summed E-state index contributed by atoms with van der Waals surface area (Å²) in [5.74, 6) is 0.167. The van der Waals surface area contributed by atoms with Crippen LogP contribution in [0.1, 0.15) is 17.3 Å². The van der Waals surface area contributed by atoms with Gasteiger partial charge in [0.25, 0.3) is 0 Å². The third-order valence-corrected chi connectivity index (χ3v) is 2.85. The third-order valence-electron chi connectivity index (χ3n) is 1.88. The zero-order valence-corrected chi connectivity index (χ0v) is 9.90. The van der Waals surface area contributed by atoms with E-state index in [4.69, 9.17) is 0 Å². The number of benzene rings is 1. The number of carbonyl (C=O) groups is 1. The minimum Gasteiger partial charge on any atom is -0.295 e. The molecular weight excluding hydrogens is 253 g/mol. The second kappa shape index (κ2) is 6.07. The van der Waals surface area contributed by atoms with E-state index < -0.39 is 6.36 Å². The Labute approximate surface area is 101 Å². The molecule has 0 saturated carbocycles. The van der Waals surface area contributed by atoms with Gasteiger partial charge in [0.15, 0.2) is 5.78 Å². The Morgan fingerprint density at radius 2 is 1.88 bits per heavy atom. The average Bonchev–Trinajstić information content (AvgIpc) is 2.24. The van der Waals surface area contributed by atoms with Gasteiger partial charge in [-0.1, -0.05) is 12.1 Å². The maximum Gasteiger partial charge on any atom is 0.522 e. The van der Waals surface area contributed by atoms with Gasteiger partial charge >= 0.3 is 6.36 Å². The SMILES string of the molecule is CC(=O)c1ccc(SCCOC(F)(F)F)cc1. The first kappa shape index (κ1) is 14.1. The monoisotopic (exact) mass is 264 g/mol. The summed E-state index contributed by atoms with van der Waals surface area (Å²) in [6, 6.07) is 6.70. The fraction of sp³-hybridized carbons (Fsp3) is 0.364. The van der Waals surface area contributed by atoms with Crippen LogP contribution in [0.25, 0.3) is 0 Å². The zero-order valence-electron chi connectivity index (χ0n) is 9.08. The van der Waals surface area contributed by atoms with E-state index in [-0.39, 0.29) is 18.1 Å². The predicted molar refractivity (Wildman–Crippen MR) is 59.2 cm³/mol. The molecule has 0 N–H and O–H groups in total. The van der Waals surface area contributed by atoms with Gasteiger partial charge in [0, 0.05) is 16.2 Å². The van der Waals surface area contributed by atoms with Gasteiger partial charge in [0.2, 0.25) is 0 Å². The van der Waals surface area contributed by atoms with Gasteiger partial charge in [-0.3, -0.25) is 9.53 Å². The molecule has 1 rings (SSSR count). The molecule has 1 aromatic rings. The molecule has 0 spiro atoms. The van der Waals surface area contributed by atoms with Crippen LogP contribution in [-0.4, -0.2) is 24.5 Å². The maximum absolute atomic E-state index is 11.7. The van der Waals surface area contributed by atoms with Gasteiger partial charge in [-0.05, 0) is 19.1 Å². The van der Waals surface area contributed by atoms with E-state index in [9.17, 15) is 18.0 Å². The number of halogens is 3. The van der Waals surface area contributed by atoms with Crippen molar-refractivity contribution in [3.8, 4) is 0 Å². The molecule has 0 aliphatic heterocycles. The molecule has 0 aliphatic carbocycles. The van der Waals surface area contributed by atoms with Crippen molar-refractivity contribution >= 4 is 17.5 Å². The summed E-state index contributed by atoms with van der Waals surface area (Å²) in [4.78, 5) is 11.8. The molecule has 0 radical (unpaired) electrons. The lowest BCUT2D eigenvalue weighted by molar-refractivity contribution is -0.322. The highest BCUT2D eigenvalue weighted by Crippen LogP contribution is 2.21. The number of ketones is 1. The number of ether oxygens (including phenoxy) is 1. The molecule has 0 aliphatic rings. The molecule has 0 saturated heterocycles. The molecule has 94 valence electrons. The van der Waals surface area contributed by atoms with Gasteiger partial charge in [-0.2, -0.15) is 0 Å². The van der Waals surface area contributed by atoms with Crippen LogP contribution in [0.2, 0.25) is 0 Å². The van der Waals surface area contributed by atoms with Crippen molar-refractivity contribution in [1.82, 2.24) is 0 Å².